The number of imidazole rings is 1. The SMILES string of the molecule is CCCCN(CCCC)C(=O)Cn1cc[n+](C)c1C.[Cl-]. The molecule has 0 saturated heterocycles. The van der Waals surface area contributed by atoms with Gasteiger partial charge in [-0.2, -0.15) is 0 Å². The van der Waals surface area contributed by atoms with E-state index in [1.807, 2.05) is 40.4 Å². The number of nitrogens with zero attached hydrogens (tertiary/aromatic N) is 3. The van der Waals surface area contributed by atoms with Gasteiger partial charge < -0.3 is 17.3 Å². The van der Waals surface area contributed by atoms with Gasteiger partial charge in [-0.1, -0.05) is 26.7 Å². The quantitative estimate of drug-likeness (QED) is 0.570. The highest BCUT2D eigenvalue weighted by Crippen LogP contribution is 2.03. The smallest absolute Gasteiger partial charge is 0.264 e. The predicted octanol–water partition coefficient (Wildman–Crippen LogP) is -0.946. The molecule has 0 N–H and O–H groups in total. The fourth-order valence-electron chi connectivity index (χ4n) is 2.07. The summed E-state index contributed by atoms with van der Waals surface area (Å²) >= 11 is 0. The molecule has 0 fully saturated rings. The highest BCUT2D eigenvalue weighted by molar-refractivity contribution is 5.76. The number of hydrogen-bond donors (Lipinski definition) is 0. The minimum absolute atomic E-state index is 0. The average molecular weight is 302 g/mol. The van der Waals surface area contributed by atoms with Crippen molar-refractivity contribution in [2.24, 2.45) is 7.05 Å². The number of carbonyl (C=O) groups excluding carboxylic acids is 1. The van der Waals surface area contributed by atoms with Crippen LogP contribution < -0.4 is 17.0 Å². The first-order chi connectivity index (χ1) is 9.10. The molecule has 20 heavy (non-hydrogen) atoms. The molecule has 1 heterocycles. The maximum atomic E-state index is 12.4. The Morgan fingerprint density at radius 1 is 1.25 bits per heavy atom. The number of amides is 1. The number of rotatable bonds is 8. The van der Waals surface area contributed by atoms with E-state index in [4.69, 9.17) is 0 Å². The van der Waals surface area contributed by atoms with Crippen molar-refractivity contribution in [2.45, 2.75) is 53.0 Å². The van der Waals surface area contributed by atoms with Crippen molar-refractivity contribution >= 4 is 5.91 Å². The van der Waals surface area contributed by atoms with Gasteiger partial charge in [0, 0.05) is 20.0 Å². The van der Waals surface area contributed by atoms with Crippen LogP contribution in [0.15, 0.2) is 12.4 Å². The van der Waals surface area contributed by atoms with E-state index in [0.717, 1.165) is 44.6 Å². The Morgan fingerprint density at radius 2 is 1.80 bits per heavy atom. The monoisotopic (exact) mass is 301 g/mol. The van der Waals surface area contributed by atoms with Crippen LogP contribution >= 0.6 is 0 Å². The van der Waals surface area contributed by atoms with Gasteiger partial charge in [0.05, 0.1) is 7.05 Å². The van der Waals surface area contributed by atoms with Gasteiger partial charge in [-0.25, -0.2) is 9.13 Å². The summed E-state index contributed by atoms with van der Waals surface area (Å²) in [7, 11) is 2.00. The highest BCUT2D eigenvalue weighted by atomic mass is 35.5. The molecule has 1 rings (SSSR count). The third-order valence-corrected chi connectivity index (χ3v) is 3.62. The summed E-state index contributed by atoms with van der Waals surface area (Å²) in [5.41, 5.74) is 0. The topological polar surface area (TPSA) is 29.1 Å². The zero-order chi connectivity index (χ0) is 14.3. The highest BCUT2D eigenvalue weighted by Gasteiger charge is 2.18. The fraction of sp³-hybridized carbons (Fsp3) is 0.733. The van der Waals surface area contributed by atoms with Gasteiger partial charge in [0.25, 0.3) is 11.7 Å². The van der Waals surface area contributed by atoms with Crippen molar-refractivity contribution in [3.05, 3.63) is 18.2 Å². The van der Waals surface area contributed by atoms with Crippen LogP contribution in [0.1, 0.15) is 45.4 Å². The van der Waals surface area contributed by atoms with E-state index >= 15 is 0 Å². The van der Waals surface area contributed by atoms with Crippen LogP contribution in [0.25, 0.3) is 0 Å². The lowest BCUT2D eigenvalue weighted by molar-refractivity contribution is -0.677. The molecule has 1 amide bonds. The maximum absolute atomic E-state index is 12.4. The Kier molecular flexibility index (Phi) is 9.30. The molecule has 0 atom stereocenters. The van der Waals surface area contributed by atoms with Crippen molar-refractivity contribution in [3.8, 4) is 0 Å². The lowest BCUT2D eigenvalue weighted by atomic mass is 10.2. The summed E-state index contributed by atoms with van der Waals surface area (Å²) < 4.78 is 4.06. The Balaban J connectivity index is 0.00000361. The minimum Gasteiger partial charge on any atom is -1.00 e. The van der Waals surface area contributed by atoms with Crippen molar-refractivity contribution in [3.63, 3.8) is 0 Å². The van der Waals surface area contributed by atoms with E-state index in [0.29, 0.717) is 6.54 Å². The second-order valence-electron chi connectivity index (χ2n) is 5.17. The van der Waals surface area contributed by atoms with E-state index in [-0.39, 0.29) is 18.3 Å². The Bertz CT molecular complexity index is 396. The molecule has 0 aliphatic rings. The first-order valence-electron chi connectivity index (χ1n) is 7.39. The first-order valence-corrected chi connectivity index (χ1v) is 7.39. The van der Waals surface area contributed by atoms with Crippen LogP contribution in [0.3, 0.4) is 0 Å². The second-order valence-corrected chi connectivity index (χ2v) is 5.17. The van der Waals surface area contributed by atoms with Crippen LogP contribution in [0.5, 0.6) is 0 Å². The van der Waals surface area contributed by atoms with E-state index in [1.165, 1.54) is 0 Å². The van der Waals surface area contributed by atoms with Crippen LogP contribution in [0, 0.1) is 6.92 Å². The molecule has 0 unspecified atom stereocenters. The molecule has 5 heteroatoms. The molecule has 0 aliphatic carbocycles. The van der Waals surface area contributed by atoms with E-state index < -0.39 is 0 Å². The van der Waals surface area contributed by atoms with Gasteiger partial charge >= 0.3 is 0 Å². The average Bonchev–Trinajstić information content (AvgIpc) is 2.71. The van der Waals surface area contributed by atoms with E-state index in [2.05, 4.69) is 13.8 Å². The van der Waals surface area contributed by atoms with Crippen molar-refractivity contribution in [1.82, 2.24) is 9.47 Å². The Labute approximate surface area is 129 Å². The minimum atomic E-state index is 0. The lowest BCUT2D eigenvalue weighted by Gasteiger charge is -2.21. The van der Waals surface area contributed by atoms with E-state index in [9.17, 15) is 4.79 Å². The Hall–Kier alpha value is -1.03. The van der Waals surface area contributed by atoms with Crippen molar-refractivity contribution in [1.29, 1.82) is 0 Å². The molecule has 0 radical (unpaired) electrons. The summed E-state index contributed by atoms with van der Waals surface area (Å²) in [6.45, 7) is 8.61. The lowest BCUT2D eigenvalue weighted by Crippen LogP contribution is -3.00. The summed E-state index contributed by atoms with van der Waals surface area (Å²) in [4.78, 5) is 14.4. The van der Waals surface area contributed by atoms with Gasteiger partial charge in [0.1, 0.15) is 12.4 Å². The largest absolute Gasteiger partial charge is 1.00 e. The first kappa shape index (κ1) is 19.0. The number of hydrogen-bond acceptors (Lipinski definition) is 1. The Morgan fingerprint density at radius 3 is 2.20 bits per heavy atom. The van der Waals surface area contributed by atoms with E-state index in [1.54, 1.807) is 0 Å². The van der Waals surface area contributed by atoms with Crippen molar-refractivity contribution < 1.29 is 21.8 Å². The molecule has 116 valence electrons. The van der Waals surface area contributed by atoms with Crippen molar-refractivity contribution in [2.75, 3.05) is 13.1 Å². The predicted molar refractivity (Wildman–Crippen MR) is 76.7 cm³/mol. The number of aromatic nitrogens is 2. The molecule has 1 aromatic heterocycles. The molecule has 1 aromatic rings. The number of unbranched alkanes of at least 4 members (excludes halogenated alkanes) is 2. The molecular weight excluding hydrogens is 274 g/mol. The standard InChI is InChI=1S/C15H28N3O.ClH/c1-5-7-9-17(10-8-6-2)15(19)13-18-12-11-16(4)14(18)3;/h11-12H,5-10,13H2,1-4H3;1H/q+1;/p-1. The third-order valence-electron chi connectivity index (χ3n) is 3.62. The summed E-state index contributed by atoms with van der Waals surface area (Å²) in [5, 5.41) is 0. The summed E-state index contributed by atoms with van der Waals surface area (Å²) in [6.07, 6.45) is 8.42. The van der Waals surface area contributed by atoms with Crippen LogP contribution in [0.2, 0.25) is 0 Å². The van der Waals surface area contributed by atoms with Gasteiger partial charge in [0.2, 0.25) is 0 Å². The van der Waals surface area contributed by atoms with Crippen LogP contribution in [-0.4, -0.2) is 28.5 Å². The molecule has 0 saturated carbocycles. The number of aryl methyl sites for hydroxylation is 1. The van der Waals surface area contributed by atoms with Gasteiger partial charge in [-0.05, 0) is 12.8 Å². The summed E-state index contributed by atoms with van der Waals surface area (Å²) in [6, 6.07) is 0. The molecule has 0 aliphatic heterocycles. The zero-order valence-corrected chi connectivity index (χ0v) is 14.0. The van der Waals surface area contributed by atoms with Crippen LogP contribution in [0.4, 0.5) is 0 Å². The number of halogens is 1. The molecular formula is C15H28ClN3O. The molecule has 0 aromatic carbocycles. The molecule has 0 spiro atoms. The molecule has 4 nitrogen and oxygen atoms in total. The van der Waals surface area contributed by atoms with Gasteiger partial charge in [-0.3, -0.25) is 4.79 Å². The maximum Gasteiger partial charge on any atom is 0.264 e. The second kappa shape index (κ2) is 9.81. The summed E-state index contributed by atoms with van der Waals surface area (Å²) in [5.74, 6) is 1.35. The third kappa shape index (κ3) is 5.53. The molecule has 0 bridgehead atoms. The van der Waals surface area contributed by atoms with Crippen LogP contribution in [-0.2, 0) is 18.4 Å². The normalized spacial score (nSPS) is 10.2. The number of carbonyl (C=O) groups is 1. The zero-order valence-electron chi connectivity index (χ0n) is 13.2. The van der Waals surface area contributed by atoms with Gasteiger partial charge in [0.15, 0.2) is 6.54 Å². The van der Waals surface area contributed by atoms with Gasteiger partial charge in [-0.15, -0.1) is 0 Å². The fourth-order valence-corrected chi connectivity index (χ4v) is 2.07.